The summed E-state index contributed by atoms with van der Waals surface area (Å²) in [6, 6.07) is 0.502. The summed E-state index contributed by atoms with van der Waals surface area (Å²) in [6.45, 7) is 13.6. The molecule has 108 valence electrons. The van der Waals surface area contributed by atoms with E-state index < -0.39 is 0 Å². The van der Waals surface area contributed by atoms with Gasteiger partial charge in [-0.3, -0.25) is 0 Å². The molecule has 3 heteroatoms. The van der Waals surface area contributed by atoms with E-state index in [1.165, 1.54) is 34.8 Å². The molecule has 1 N–H and O–H groups in total. The lowest BCUT2D eigenvalue weighted by atomic mass is 9.71. The molecule has 1 aromatic heterocycles. The van der Waals surface area contributed by atoms with E-state index in [-0.39, 0.29) is 5.54 Å². The molecule has 1 aromatic rings. The summed E-state index contributed by atoms with van der Waals surface area (Å²) in [7, 11) is 0. The van der Waals surface area contributed by atoms with Gasteiger partial charge in [0.2, 0.25) is 0 Å². The standard InChI is InChI=1S/C16H28N2S/c1-10(2)18-16(8-11(3)7-12(4)9-16)15-17-13(5)14(6)19-15/h10-12,18H,7-9H2,1-6H3. The topological polar surface area (TPSA) is 24.9 Å². The van der Waals surface area contributed by atoms with Crippen LogP contribution in [0.1, 0.15) is 62.5 Å². The highest BCUT2D eigenvalue weighted by Crippen LogP contribution is 2.44. The monoisotopic (exact) mass is 280 g/mol. The molecule has 0 spiro atoms. The zero-order valence-electron chi connectivity index (χ0n) is 13.2. The number of aryl methyl sites for hydroxylation is 2. The predicted octanol–water partition coefficient (Wildman–Crippen LogP) is 4.41. The fourth-order valence-electron chi connectivity index (χ4n) is 3.71. The fraction of sp³-hybridized carbons (Fsp3) is 0.812. The normalized spacial score (nSPS) is 31.9. The lowest BCUT2D eigenvalue weighted by molar-refractivity contribution is 0.133. The van der Waals surface area contributed by atoms with Crippen LogP contribution in [-0.2, 0) is 5.54 Å². The third-order valence-electron chi connectivity index (χ3n) is 4.20. The molecule has 0 saturated heterocycles. The maximum absolute atomic E-state index is 4.88. The van der Waals surface area contributed by atoms with Gasteiger partial charge in [0, 0.05) is 10.9 Å². The van der Waals surface area contributed by atoms with Gasteiger partial charge in [-0.1, -0.05) is 13.8 Å². The maximum Gasteiger partial charge on any atom is 0.113 e. The number of nitrogens with one attached hydrogen (secondary N) is 1. The molecule has 0 aliphatic heterocycles. The van der Waals surface area contributed by atoms with Gasteiger partial charge < -0.3 is 5.32 Å². The first-order valence-corrected chi connectivity index (χ1v) is 8.36. The Morgan fingerprint density at radius 2 is 1.79 bits per heavy atom. The molecule has 19 heavy (non-hydrogen) atoms. The van der Waals surface area contributed by atoms with Crippen molar-refractivity contribution in [3.05, 3.63) is 15.6 Å². The molecule has 2 rings (SSSR count). The van der Waals surface area contributed by atoms with Crippen LogP contribution in [0.25, 0.3) is 0 Å². The first-order valence-electron chi connectivity index (χ1n) is 7.54. The Kier molecular flexibility index (Phi) is 4.36. The van der Waals surface area contributed by atoms with E-state index in [9.17, 15) is 0 Å². The molecular weight excluding hydrogens is 252 g/mol. The van der Waals surface area contributed by atoms with Gasteiger partial charge in [0.25, 0.3) is 0 Å². The Morgan fingerprint density at radius 1 is 1.21 bits per heavy atom. The minimum absolute atomic E-state index is 0.106. The second-order valence-electron chi connectivity index (χ2n) is 6.90. The lowest BCUT2D eigenvalue weighted by Gasteiger charge is -2.43. The van der Waals surface area contributed by atoms with Gasteiger partial charge in [-0.15, -0.1) is 11.3 Å². The minimum atomic E-state index is 0.106. The average molecular weight is 280 g/mol. The van der Waals surface area contributed by atoms with Gasteiger partial charge in [0.05, 0.1) is 11.2 Å². The van der Waals surface area contributed by atoms with Gasteiger partial charge in [0.1, 0.15) is 5.01 Å². The van der Waals surface area contributed by atoms with Crippen molar-refractivity contribution in [3.63, 3.8) is 0 Å². The average Bonchev–Trinajstić information content (AvgIpc) is 2.57. The highest BCUT2D eigenvalue weighted by molar-refractivity contribution is 7.11. The second-order valence-corrected chi connectivity index (χ2v) is 8.10. The van der Waals surface area contributed by atoms with E-state index in [4.69, 9.17) is 4.98 Å². The van der Waals surface area contributed by atoms with Gasteiger partial charge >= 0.3 is 0 Å². The molecule has 1 aliphatic rings. The Morgan fingerprint density at radius 3 is 2.21 bits per heavy atom. The van der Waals surface area contributed by atoms with Crippen LogP contribution in [0.4, 0.5) is 0 Å². The van der Waals surface area contributed by atoms with E-state index >= 15 is 0 Å². The molecular formula is C16H28N2S. The molecule has 0 aromatic carbocycles. The van der Waals surface area contributed by atoms with Crippen LogP contribution in [0.5, 0.6) is 0 Å². The number of rotatable bonds is 3. The molecule has 0 bridgehead atoms. The summed E-state index contributed by atoms with van der Waals surface area (Å²) in [4.78, 5) is 6.25. The van der Waals surface area contributed by atoms with E-state index in [1.807, 2.05) is 11.3 Å². The van der Waals surface area contributed by atoms with E-state index in [0.717, 1.165) is 11.8 Å². The first kappa shape index (κ1) is 15.0. The quantitative estimate of drug-likeness (QED) is 0.887. The van der Waals surface area contributed by atoms with Crippen LogP contribution >= 0.6 is 11.3 Å². The Balaban J connectivity index is 2.38. The second kappa shape index (κ2) is 5.53. The molecule has 2 atom stereocenters. The van der Waals surface area contributed by atoms with Crippen LogP contribution in [0.3, 0.4) is 0 Å². The van der Waals surface area contributed by atoms with Crippen molar-refractivity contribution < 1.29 is 0 Å². The zero-order chi connectivity index (χ0) is 14.2. The summed E-state index contributed by atoms with van der Waals surface area (Å²) in [6.07, 6.45) is 3.80. The number of thiazole rings is 1. The minimum Gasteiger partial charge on any atom is -0.303 e. The SMILES string of the molecule is Cc1nc(C2(NC(C)C)CC(C)CC(C)C2)sc1C. The van der Waals surface area contributed by atoms with Crippen LogP contribution in [0.2, 0.25) is 0 Å². The molecule has 2 unspecified atom stereocenters. The van der Waals surface area contributed by atoms with Crippen molar-refractivity contribution in [3.8, 4) is 0 Å². The molecule has 2 nitrogen and oxygen atoms in total. The van der Waals surface area contributed by atoms with E-state index in [2.05, 4.69) is 46.9 Å². The molecule has 1 aliphatic carbocycles. The van der Waals surface area contributed by atoms with Crippen molar-refractivity contribution in [1.29, 1.82) is 0 Å². The van der Waals surface area contributed by atoms with Crippen molar-refractivity contribution in [2.24, 2.45) is 11.8 Å². The lowest BCUT2D eigenvalue weighted by Crippen LogP contribution is -2.50. The molecule has 1 saturated carbocycles. The maximum atomic E-state index is 4.88. The third-order valence-corrected chi connectivity index (χ3v) is 5.48. The largest absolute Gasteiger partial charge is 0.303 e. The number of hydrogen-bond donors (Lipinski definition) is 1. The summed E-state index contributed by atoms with van der Waals surface area (Å²) in [5.74, 6) is 1.55. The fourth-order valence-corrected chi connectivity index (χ4v) is 4.80. The number of aromatic nitrogens is 1. The summed E-state index contributed by atoms with van der Waals surface area (Å²) in [5.41, 5.74) is 1.31. The summed E-state index contributed by atoms with van der Waals surface area (Å²) in [5, 5.41) is 5.18. The zero-order valence-corrected chi connectivity index (χ0v) is 14.0. The van der Waals surface area contributed by atoms with Crippen LogP contribution < -0.4 is 5.32 Å². The van der Waals surface area contributed by atoms with Crippen molar-refractivity contribution >= 4 is 11.3 Å². The van der Waals surface area contributed by atoms with Crippen molar-refractivity contribution in [2.45, 2.75) is 72.4 Å². The molecule has 1 heterocycles. The highest BCUT2D eigenvalue weighted by atomic mass is 32.1. The predicted molar refractivity (Wildman–Crippen MR) is 83.7 cm³/mol. The Labute approximate surface area is 122 Å². The van der Waals surface area contributed by atoms with Gasteiger partial charge in [-0.05, 0) is 58.8 Å². The molecule has 0 amide bonds. The van der Waals surface area contributed by atoms with Crippen molar-refractivity contribution in [1.82, 2.24) is 10.3 Å². The smallest absolute Gasteiger partial charge is 0.113 e. The number of hydrogen-bond acceptors (Lipinski definition) is 3. The number of nitrogens with zero attached hydrogens (tertiary/aromatic N) is 1. The van der Waals surface area contributed by atoms with Crippen LogP contribution in [0.15, 0.2) is 0 Å². The summed E-state index contributed by atoms with van der Waals surface area (Å²) >= 11 is 1.89. The third kappa shape index (κ3) is 3.19. The van der Waals surface area contributed by atoms with E-state index in [0.29, 0.717) is 6.04 Å². The van der Waals surface area contributed by atoms with Crippen LogP contribution in [-0.4, -0.2) is 11.0 Å². The molecule has 1 fully saturated rings. The Hall–Kier alpha value is -0.410. The first-order chi connectivity index (χ1) is 8.82. The van der Waals surface area contributed by atoms with Gasteiger partial charge in [0.15, 0.2) is 0 Å². The highest BCUT2D eigenvalue weighted by Gasteiger charge is 2.41. The molecule has 0 radical (unpaired) electrons. The van der Waals surface area contributed by atoms with Crippen molar-refractivity contribution in [2.75, 3.05) is 0 Å². The van der Waals surface area contributed by atoms with Crippen LogP contribution in [0, 0.1) is 25.7 Å². The Bertz CT molecular complexity index is 401. The van der Waals surface area contributed by atoms with Gasteiger partial charge in [-0.25, -0.2) is 4.98 Å². The van der Waals surface area contributed by atoms with E-state index in [1.54, 1.807) is 0 Å². The van der Waals surface area contributed by atoms with Gasteiger partial charge in [-0.2, -0.15) is 0 Å². The summed E-state index contributed by atoms with van der Waals surface area (Å²) < 4.78 is 0.